The average Bonchev–Trinajstić information content (AvgIpc) is 2.67. The van der Waals surface area contributed by atoms with Crippen molar-refractivity contribution in [2.45, 2.75) is 19.8 Å². The van der Waals surface area contributed by atoms with Gasteiger partial charge in [0.1, 0.15) is 0 Å². The Bertz CT molecular complexity index is 411. The molecule has 1 aromatic heterocycles. The summed E-state index contributed by atoms with van der Waals surface area (Å²) in [7, 11) is 1.41. The normalized spacial score (nSPS) is 26.5. The van der Waals surface area contributed by atoms with Crippen LogP contribution in [0.1, 0.15) is 35.0 Å². The number of ether oxygens (including phenoxy) is 1. The maximum Gasteiger partial charge on any atom is 0.338 e. The zero-order valence-corrected chi connectivity index (χ0v) is 10.6. The fourth-order valence-electron chi connectivity index (χ4n) is 2.49. The number of methoxy groups -OCH3 is 1. The van der Waals surface area contributed by atoms with Gasteiger partial charge in [0.2, 0.25) is 0 Å². The van der Waals surface area contributed by atoms with Gasteiger partial charge >= 0.3 is 5.97 Å². The van der Waals surface area contributed by atoms with Crippen molar-refractivity contribution in [2.24, 2.45) is 17.1 Å². The van der Waals surface area contributed by atoms with Crippen molar-refractivity contribution in [3.8, 4) is 0 Å². The molecule has 0 aromatic carbocycles. The van der Waals surface area contributed by atoms with Gasteiger partial charge in [0.25, 0.3) is 0 Å². The average molecular weight is 239 g/mol. The van der Waals surface area contributed by atoms with Crippen LogP contribution < -0.4 is 5.73 Å². The van der Waals surface area contributed by atoms with Crippen LogP contribution in [0.15, 0.2) is 11.4 Å². The van der Waals surface area contributed by atoms with Gasteiger partial charge in [0.15, 0.2) is 0 Å². The van der Waals surface area contributed by atoms with Crippen LogP contribution in [-0.4, -0.2) is 19.6 Å². The number of carbonyl (C=O) groups is 1. The SMILES string of the molecule is COC(=O)c1csc([C@@H]2[C@@H](CN)C2(C)C)c1. The van der Waals surface area contributed by atoms with Gasteiger partial charge in [-0.1, -0.05) is 13.8 Å². The molecule has 0 saturated heterocycles. The Labute approximate surface area is 99.6 Å². The summed E-state index contributed by atoms with van der Waals surface area (Å²) in [6.45, 7) is 5.17. The zero-order chi connectivity index (χ0) is 11.9. The van der Waals surface area contributed by atoms with Crippen LogP contribution in [0.5, 0.6) is 0 Å². The molecule has 4 heteroatoms. The first kappa shape index (κ1) is 11.6. The van der Waals surface area contributed by atoms with E-state index in [1.807, 2.05) is 11.4 Å². The Morgan fingerprint density at radius 3 is 2.81 bits per heavy atom. The van der Waals surface area contributed by atoms with Crippen LogP contribution in [0.2, 0.25) is 0 Å². The van der Waals surface area contributed by atoms with Crippen molar-refractivity contribution in [2.75, 3.05) is 13.7 Å². The topological polar surface area (TPSA) is 52.3 Å². The molecule has 16 heavy (non-hydrogen) atoms. The lowest BCUT2D eigenvalue weighted by molar-refractivity contribution is 0.0601. The fraction of sp³-hybridized carbons (Fsp3) is 0.583. The van der Waals surface area contributed by atoms with Crippen molar-refractivity contribution < 1.29 is 9.53 Å². The quantitative estimate of drug-likeness (QED) is 0.823. The molecule has 2 atom stereocenters. The van der Waals surface area contributed by atoms with E-state index >= 15 is 0 Å². The molecule has 0 bridgehead atoms. The van der Waals surface area contributed by atoms with Gasteiger partial charge in [-0.15, -0.1) is 11.3 Å². The van der Waals surface area contributed by atoms with E-state index in [0.717, 1.165) is 0 Å². The third-order valence-electron chi connectivity index (χ3n) is 3.65. The Kier molecular flexibility index (Phi) is 2.80. The maximum atomic E-state index is 11.3. The monoisotopic (exact) mass is 239 g/mol. The number of thiophene rings is 1. The van der Waals surface area contributed by atoms with Gasteiger partial charge in [0, 0.05) is 16.2 Å². The zero-order valence-electron chi connectivity index (χ0n) is 9.82. The van der Waals surface area contributed by atoms with Crippen molar-refractivity contribution >= 4 is 17.3 Å². The third-order valence-corrected chi connectivity index (χ3v) is 4.67. The number of rotatable bonds is 3. The number of esters is 1. The highest BCUT2D eigenvalue weighted by Gasteiger charge is 2.57. The van der Waals surface area contributed by atoms with Gasteiger partial charge in [-0.25, -0.2) is 4.79 Å². The molecule has 1 heterocycles. The summed E-state index contributed by atoms with van der Waals surface area (Å²) in [6, 6.07) is 1.94. The predicted octanol–water partition coefficient (Wildman–Crippen LogP) is 2.23. The Morgan fingerprint density at radius 2 is 2.31 bits per heavy atom. The summed E-state index contributed by atoms with van der Waals surface area (Å²) in [5.41, 5.74) is 6.67. The number of hydrogen-bond acceptors (Lipinski definition) is 4. The highest BCUT2D eigenvalue weighted by Crippen LogP contribution is 2.64. The van der Waals surface area contributed by atoms with Crippen LogP contribution >= 0.6 is 11.3 Å². The van der Waals surface area contributed by atoms with Gasteiger partial charge in [-0.3, -0.25) is 0 Å². The molecule has 1 saturated carbocycles. The lowest BCUT2D eigenvalue weighted by Gasteiger charge is -1.99. The fourth-order valence-corrected chi connectivity index (χ4v) is 3.73. The first-order valence-electron chi connectivity index (χ1n) is 5.39. The van der Waals surface area contributed by atoms with Gasteiger partial charge in [-0.2, -0.15) is 0 Å². The van der Waals surface area contributed by atoms with Gasteiger partial charge < -0.3 is 10.5 Å². The van der Waals surface area contributed by atoms with E-state index in [1.54, 1.807) is 11.3 Å². The summed E-state index contributed by atoms with van der Waals surface area (Å²) >= 11 is 1.63. The number of carbonyl (C=O) groups excluding carboxylic acids is 1. The molecule has 1 aliphatic rings. The van der Waals surface area contributed by atoms with E-state index in [2.05, 4.69) is 13.8 Å². The van der Waals surface area contributed by atoms with Crippen molar-refractivity contribution in [3.05, 3.63) is 21.9 Å². The van der Waals surface area contributed by atoms with Crippen molar-refractivity contribution in [1.82, 2.24) is 0 Å². The van der Waals surface area contributed by atoms with E-state index < -0.39 is 0 Å². The van der Waals surface area contributed by atoms with Crippen molar-refractivity contribution in [1.29, 1.82) is 0 Å². The highest BCUT2D eigenvalue weighted by atomic mass is 32.1. The number of hydrogen-bond donors (Lipinski definition) is 1. The van der Waals surface area contributed by atoms with Crippen LogP contribution in [0.4, 0.5) is 0 Å². The Morgan fingerprint density at radius 1 is 1.62 bits per heavy atom. The summed E-state index contributed by atoms with van der Waals surface area (Å²) in [6.07, 6.45) is 0. The largest absolute Gasteiger partial charge is 0.465 e. The molecule has 0 aliphatic heterocycles. The summed E-state index contributed by atoms with van der Waals surface area (Å²) in [4.78, 5) is 12.6. The van der Waals surface area contributed by atoms with Gasteiger partial charge in [0.05, 0.1) is 12.7 Å². The molecule has 88 valence electrons. The molecule has 0 unspecified atom stereocenters. The van der Waals surface area contributed by atoms with Crippen LogP contribution in [0.25, 0.3) is 0 Å². The second kappa shape index (κ2) is 3.86. The van der Waals surface area contributed by atoms with Crippen LogP contribution in [-0.2, 0) is 4.74 Å². The third kappa shape index (κ3) is 1.66. The van der Waals surface area contributed by atoms with Crippen LogP contribution in [0.3, 0.4) is 0 Å². The molecule has 2 rings (SSSR count). The molecule has 1 aliphatic carbocycles. The lowest BCUT2D eigenvalue weighted by atomic mass is 10.1. The molecule has 1 fully saturated rings. The number of nitrogens with two attached hydrogens (primary N) is 1. The minimum absolute atomic E-state index is 0.259. The van der Waals surface area contributed by atoms with E-state index in [4.69, 9.17) is 10.5 Å². The smallest absolute Gasteiger partial charge is 0.338 e. The van der Waals surface area contributed by atoms with Crippen molar-refractivity contribution in [3.63, 3.8) is 0 Å². The molecule has 0 radical (unpaired) electrons. The molecule has 0 amide bonds. The molecule has 0 spiro atoms. The predicted molar refractivity (Wildman–Crippen MR) is 64.7 cm³/mol. The second-order valence-corrected chi connectivity index (χ2v) is 5.81. The summed E-state index contributed by atoms with van der Waals surface area (Å²) in [5.74, 6) is 0.780. The maximum absolute atomic E-state index is 11.3. The Hall–Kier alpha value is -0.870. The second-order valence-electron chi connectivity index (χ2n) is 4.87. The van der Waals surface area contributed by atoms with Crippen LogP contribution in [0, 0.1) is 11.3 Å². The molecular formula is C12H17NO2S. The first-order valence-corrected chi connectivity index (χ1v) is 6.27. The molecule has 1 aromatic rings. The molecule has 2 N–H and O–H groups in total. The van der Waals surface area contributed by atoms with E-state index in [-0.39, 0.29) is 11.4 Å². The molecular weight excluding hydrogens is 222 g/mol. The minimum atomic E-state index is -0.259. The summed E-state index contributed by atoms with van der Waals surface area (Å²) in [5, 5.41) is 1.86. The standard InChI is InChI=1S/C12H17NO2S/c1-12(2)8(5-13)10(12)9-4-7(6-16-9)11(14)15-3/h4,6,8,10H,5,13H2,1-3H3/t8-,10+/m1/s1. The summed E-state index contributed by atoms with van der Waals surface area (Å²) < 4.78 is 4.70. The first-order chi connectivity index (χ1) is 7.52. The van der Waals surface area contributed by atoms with E-state index in [1.165, 1.54) is 12.0 Å². The molecule has 3 nitrogen and oxygen atoms in total. The minimum Gasteiger partial charge on any atom is -0.465 e. The van der Waals surface area contributed by atoms with E-state index in [9.17, 15) is 4.79 Å². The lowest BCUT2D eigenvalue weighted by Crippen LogP contribution is -2.05. The van der Waals surface area contributed by atoms with Gasteiger partial charge in [-0.05, 0) is 23.9 Å². The van der Waals surface area contributed by atoms with E-state index in [0.29, 0.717) is 23.9 Å². The Balaban J connectivity index is 2.18. The highest BCUT2D eigenvalue weighted by molar-refractivity contribution is 7.10.